The fourth-order valence-corrected chi connectivity index (χ4v) is 4.48. The Hall–Kier alpha value is -4.17. The molecule has 0 unspecified atom stereocenters. The van der Waals surface area contributed by atoms with Gasteiger partial charge in [-0.25, -0.2) is 4.79 Å². The van der Waals surface area contributed by atoms with Gasteiger partial charge >= 0.3 is 5.97 Å². The standard InChI is InChI=1S/C29H31N3O5/c30-28(31)23-10-8-21(9-11-23)22-12-14-25(15-13-22)36-18-24-17-26(37-19-27(33)34)29(35)32(24)16-4-7-20-5-2-1-3-6-20/h1-3,5-6,8-15,24,26H,4,7,16-19H2,(H3,30,31)(H,33,34)/t24-,26+/m0/s1. The van der Waals surface area contributed by atoms with Crippen molar-refractivity contribution in [3.8, 4) is 16.9 Å². The van der Waals surface area contributed by atoms with Gasteiger partial charge in [-0.2, -0.15) is 0 Å². The molecule has 3 aromatic rings. The zero-order chi connectivity index (χ0) is 26.2. The molecule has 0 aromatic heterocycles. The summed E-state index contributed by atoms with van der Waals surface area (Å²) >= 11 is 0. The van der Waals surface area contributed by atoms with Crippen LogP contribution in [-0.2, 0) is 20.7 Å². The lowest BCUT2D eigenvalue weighted by Gasteiger charge is -2.24. The van der Waals surface area contributed by atoms with Crippen molar-refractivity contribution in [2.75, 3.05) is 19.8 Å². The molecule has 3 aromatic carbocycles. The van der Waals surface area contributed by atoms with E-state index in [0.29, 0.717) is 24.3 Å². The van der Waals surface area contributed by atoms with Crippen LogP contribution >= 0.6 is 0 Å². The highest BCUT2D eigenvalue weighted by Crippen LogP contribution is 2.26. The van der Waals surface area contributed by atoms with E-state index in [1.54, 1.807) is 4.90 Å². The molecule has 37 heavy (non-hydrogen) atoms. The van der Waals surface area contributed by atoms with E-state index in [4.69, 9.17) is 25.7 Å². The van der Waals surface area contributed by atoms with Gasteiger partial charge in [0.1, 0.15) is 30.9 Å². The van der Waals surface area contributed by atoms with Crippen molar-refractivity contribution in [2.24, 2.45) is 5.73 Å². The lowest BCUT2D eigenvalue weighted by Crippen LogP contribution is -2.39. The molecule has 1 aliphatic heterocycles. The Kier molecular flexibility index (Phi) is 8.53. The number of carboxylic acid groups (broad SMARTS) is 1. The summed E-state index contributed by atoms with van der Waals surface area (Å²) in [5.41, 5.74) is 9.41. The van der Waals surface area contributed by atoms with Crippen molar-refractivity contribution in [1.29, 1.82) is 5.41 Å². The van der Waals surface area contributed by atoms with Gasteiger partial charge in [0, 0.05) is 18.5 Å². The van der Waals surface area contributed by atoms with E-state index >= 15 is 0 Å². The van der Waals surface area contributed by atoms with Crippen LogP contribution in [0.4, 0.5) is 0 Å². The van der Waals surface area contributed by atoms with Crippen LogP contribution in [0.3, 0.4) is 0 Å². The third kappa shape index (κ3) is 6.95. The predicted octanol–water partition coefficient (Wildman–Crippen LogP) is 3.72. The molecule has 4 rings (SSSR count). The van der Waals surface area contributed by atoms with Crippen LogP contribution in [0.5, 0.6) is 5.75 Å². The summed E-state index contributed by atoms with van der Waals surface area (Å²) in [5.74, 6) is -0.576. The highest BCUT2D eigenvalue weighted by Gasteiger charge is 2.40. The summed E-state index contributed by atoms with van der Waals surface area (Å²) in [6.07, 6.45) is 1.24. The lowest BCUT2D eigenvalue weighted by atomic mass is 10.0. The fraction of sp³-hybridized carbons (Fsp3) is 0.276. The van der Waals surface area contributed by atoms with E-state index in [9.17, 15) is 9.59 Å². The number of carbonyl (C=O) groups is 2. The monoisotopic (exact) mass is 501 g/mol. The quantitative estimate of drug-likeness (QED) is 0.257. The average Bonchev–Trinajstić information content (AvgIpc) is 3.21. The molecule has 0 spiro atoms. The normalized spacial score (nSPS) is 17.1. The number of nitrogen functional groups attached to an aromatic ring is 1. The number of nitrogens with zero attached hydrogens (tertiary/aromatic N) is 1. The van der Waals surface area contributed by atoms with Crippen LogP contribution in [0.1, 0.15) is 24.0 Å². The summed E-state index contributed by atoms with van der Waals surface area (Å²) in [6.45, 7) is 0.331. The number of carbonyl (C=O) groups excluding carboxylic acids is 1. The minimum absolute atomic E-state index is 0.0328. The van der Waals surface area contributed by atoms with Gasteiger partial charge in [0.2, 0.25) is 0 Å². The minimum Gasteiger partial charge on any atom is -0.491 e. The van der Waals surface area contributed by atoms with Gasteiger partial charge in [-0.1, -0.05) is 66.7 Å². The van der Waals surface area contributed by atoms with Crippen molar-refractivity contribution in [3.05, 3.63) is 90.0 Å². The molecular weight excluding hydrogens is 470 g/mol. The zero-order valence-corrected chi connectivity index (χ0v) is 20.5. The van der Waals surface area contributed by atoms with E-state index in [-0.39, 0.29) is 24.4 Å². The van der Waals surface area contributed by atoms with E-state index in [1.165, 1.54) is 5.56 Å². The summed E-state index contributed by atoms with van der Waals surface area (Å²) in [4.78, 5) is 25.7. The Bertz CT molecular complexity index is 1210. The second-order valence-electron chi connectivity index (χ2n) is 9.03. The van der Waals surface area contributed by atoms with Crippen LogP contribution in [0.25, 0.3) is 11.1 Å². The van der Waals surface area contributed by atoms with Crippen LogP contribution in [0, 0.1) is 5.41 Å². The SMILES string of the molecule is N=C(N)c1ccc(-c2ccc(OC[C@@H]3C[C@@H](OCC(=O)O)C(=O)N3CCCc3ccccc3)cc2)cc1. The Morgan fingerprint density at radius 2 is 1.65 bits per heavy atom. The number of hydrogen-bond donors (Lipinski definition) is 3. The lowest BCUT2D eigenvalue weighted by molar-refractivity contribution is -0.148. The van der Waals surface area contributed by atoms with Crippen LogP contribution in [-0.4, -0.2) is 59.6 Å². The molecule has 4 N–H and O–H groups in total. The molecular formula is C29H31N3O5. The van der Waals surface area contributed by atoms with E-state index in [2.05, 4.69) is 12.1 Å². The first-order valence-corrected chi connectivity index (χ1v) is 12.3. The van der Waals surface area contributed by atoms with Crippen molar-refractivity contribution in [2.45, 2.75) is 31.4 Å². The van der Waals surface area contributed by atoms with Crippen LogP contribution < -0.4 is 10.5 Å². The van der Waals surface area contributed by atoms with Gasteiger partial charge in [-0.3, -0.25) is 10.2 Å². The second kappa shape index (κ2) is 12.2. The highest BCUT2D eigenvalue weighted by atomic mass is 16.5. The number of nitrogens with two attached hydrogens (primary N) is 1. The first-order valence-electron chi connectivity index (χ1n) is 12.3. The summed E-state index contributed by atoms with van der Waals surface area (Å²) in [5, 5.41) is 16.5. The van der Waals surface area contributed by atoms with E-state index in [1.807, 2.05) is 66.7 Å². The van der Waals surface area contributed by atoms with Gasteiger partial charge in [0.25, 0.3) is 5.91 Å². The first kappa shape index (κ1) is 25.9. The highest BCUT2D eigenvalue weighted by molar-refractivity contribution is 5.95. The number of aryl methyl sites for hydroxylation is 1. The number of benzene rings is 3. The molecule has 1 fully saturated rings. The first-order chi connectivity index (χ1) is 17.9. The number of carboxylic acids is 1. The van der Waals surface area contributed by atoms with Gasteiger partial charge in [-0.05, 0) is 41.7 Å². The van der Waals surface area contributed by atoms with Crippen molar-refractivity contribution in [1.82, 2.24) is 4.90 Å². The topological polar surface area (TPSA) is 126 Å². The second-order valence-corrected chi connectivity index (χ2v) is 9.03. The third-order valence-electron chi connectivity index (χ3n) is 6.43. The molecule has 0 aliphatic carbocycles. The van der Waals surface area contributed by atoms with Gasteiger partial charge < -0.3 is 25.2 Å². The Balaban J connectivity index is 1.37. The molecule has 2 atom stereocenters. The number of likely N-dealkylation sites (tertiary alicyclic amines) is 1. The maximum atomic E-state index is 13.0. The number of amidine groups is 1. The molecule has 0 saturated carbocycles. The van der Waals surface area contributed by atoms with Crippen molar-refractivity contribution in [3.63, 3.8) is 0 Å². The molecule has 8 heteroatoms. The minimum atomic E-state index is -1.10. The van der Waals surface area contributed by atoms with E-state index < -0.39 is 18.7 Å². The molecule has 1 saturated heterocycles. The third-order valence-corrected chi connectivity index (χ3v) is 6.43. The van der Waals surface area contributed by atoms with Gasteiger partial charge in [0.05, 0.1) is 6.04 Å². The largest absolute Gasteiger partial charge is 0.491 e. The molecule has 8 nitrogen and oxygen atoms in total. The summed E-state index contributed by atoms with van der Waals surface area (Å²) in [7, 11) is 0. The average molecular weight is 502 g/mol. The summed E-state index contributed by atoms with van der Waals surface area (Å²) < 4.78 is 11.4. The Labute approximate surface area is 216 Å². The number of aliphatic carboxylic acids is 1. The number of amides is 1. The maximum absolute atomic E-state index is 13.0. The molecule has 0 radical (unpaired) electrons. The smallest absolute Gasteiger partial charge is 0.329 e. The molecule has 1 amide bonds. The van der Waals surface area contributed by atoms with Crippen LogP contribution in [0.15, 0.2) is 78.9 Å². The van der Waals surface area contributed by atoms with Crippen molar-refractivity contribution < 1.29 is 24.2 Å². The molecule has 192 valence electrons. The maximum Gasteiger partial charge on any atom is 0.329 e. The van der Waals surface area contributed by atoms with Crippen LogP contribution in [0.2, 0.25) is 0 Å². The molecule has 1 heterocycles. The number of nitrogens with one attached hydrogen (secondary N) is 1. The van der Waals surface area contributed by atoms with E-state index in [0.717, 1.165) is 24.0 Å². The fourth-order valence-electron chi connectivity index (χ4n) is 4.48. The number of ether oxygens (including phenoxy) is 2. The Morgan fingerprint density at radius 1 is 1.00 bits per heavy atom. The van der Waals surface area contributed by atoms with Crippen molar-refractivity contribution >= 4 is 17.7 Å². The zero-order valence-electron chi connectivity index (χ0n) is 20.5. The number of rotatable bonds is 12. The van der Waals surface area contributed by atoms with Gasteiger partial charge in [-0.15, -0.1) is 0 Å². The summed E-state index contributed by atoms with van der Waals surface area (Å²) in [6, 6.07) is 25.0. The number of hydrogen-bond acceptors (Lipinski definition) is 5. The predicted molar refractivity (Wildman–Crippen MR) is 141 cm³/mol. The van der Waals surface area contributed by atoms with Gasteiger partial charge in [0.15, 0.2) is 0 Å². The molecule has 0 bridgehead atoms. The Morgan fingerprint density at radius 3 is 2.27 bits per heavy atom. The molecule has 1 aliphatic rings.